The predicted molar refractivity (Wildman–Crippen MR) is 79.8 cm³/mol. The van der Waals surface area contributed by atoms with Crippen LogP contribution in [0.3, 0.4) is 0 Å². The van der Waals surface area contributed by atoms with Gasteiger partial charge in [-0.3, -0.25) is 10.1 Å². The fourth-order valence-corrected chi connectivity index (χ4v) is 2.06. The van der Waals surface area contributed by atoms with E-state index in [-0.39, 0.29) is 16.8 Å². The predicted octanol–water partition coefficient (Wildman–Crippen LogP) is 3.53. The molecule has 2 rings (SSSR count). The molecule has 0 atom stereocenters. The van der Waals surface area contributed by atoms with Crippen LogP contribution in [0.4, 0.5) is 5.69 Å². The van der Waals surface area contributed by atoms with Crippen molar-refractivity contribution in [2.24, 2.45) is 0 Å². The number of aryl methyl sites for hydroxylation is 1. The van der Waals surface area contributed by atoms with Crippen LogP contribution in [0, 0.1) is 17.0 Å². The number of hydrogen-bond donors (Lipinski definition) is 1. The summed E-state index contributed by atoms with van der Waals surface area (Å²) in [5.41, 5.74) is 1.52. The van der Waals surface area contributed by atoms with Gasteiger partial charge >= 0.3 is 5.97 Å². The molecule has 0 unspecified atom stereocenters. The van der Waals surface area contributed by atoms with Gasteiger partial charge in [0.25, 0.3) is 5.69 Å². The second-order valence-corrected chi connectivity index (χ2v) is 4.49. The maximum absolute atomic E-state index is 11.5. The van der Waals surface area contributed by atoms with Gasteiger partial charge in [0.05, 0.1) is 16.1 Å². The number of carboxylic acids is 1. The number of rotatable bonds is 4. The van der Waals surface area contributed by atoms with E-state index in [0.29, 0.717) is 5.56 Å². The van der Waals surface area contributed by atoms with Gasteiger partial charge in [0.15, 0.2) is 0 Å². The summed E-state index contributed by atoms with van der Waals surface area (Å²) in [5.74, 6) is -1.12. The average molecular weight is 283 g/mol. The summed E-state index contributed by atoms with van der Waals surface area (Å²) >= 11 is 0. The monoisotopic (exact) mass is 283 g/mol. The zero-order chi connectivity index (χ0) is 15.4. The Bertz CT molecular complexity index is 735. The number of nitro benzene ring substituents is 1. The second-order valence-electron chi connectivity index (χ2n) is 4.49. The lowest BCUT2D eigenvalue weighted by atomic mass is 9.98. The van der Waals surface area contributed by atoms with Crippen molar-refractivity contribution in [1.82, 2.24) is 0 Å². The fraction of sp³-hybridized carbons (Fsp3) is 0.0625. The van der Waals surface area contributed by atoms with Crippen LogP contribution < -0.4 is 0 Å². The Kier molecular flexibility index (Phi) is 4.13. The highest BCUT2D eigenvalue weighted by molar-refractivity contribution is 6.21. The van der Waals surface area contributed by atoms with Crippen LogP contribution in [0.15, 0.2) is 48.5 Å². The minimum atomic E-state index is -1.12. The lowest BCUT2D eigenvalue weighted by Crippen LogP contribution is -2.02. The Morgan fingerprint density at radius 1 is 1.14 bits per heavy atom. The third kappa shape index (κ3) is 3.14. The Morgan fingerprint density at radius 2 is 1.76 bits per heavy atom. The summed E-state index contributed by atoms with van der Waals surface area (Å²) in [6.45, 7) is 1.80. The summed E-state index contributed by atoms with van der Waals surface area (Å²) in [7, 11) is 0. The van der Waals surface area contributed by atoms with Crippen molar-refractivity contribution in [3.05, 3.63) is 75.3 Å². The Labute approximate surface area is 121 Å². The normalized spacial score (nSPS) is 11.2. The fourth-order valence-electron chi connectivity index (χ4n) is 2.06. The molecule has 0 heterocycles. The average Bonchev–Trinajstić information content (AvgIpc) is 2.45. The lowest BCUT2D eigenvalue weighted by Gasteiger charge is -2.07. The van der Waals surface area contributed by atoms with Gasteiger partial charge in [-0.25, -0.2) is 4.79 Å². The first-order valence-electron chi connectivity index (χ1n) is 6.25. The third-order valence-electron chi connectivity index (χ3n) is 3.10. The largest absolute Gasteiger partial charge is 0.478 e. The van der Waals surface area contributed by atoms with Gasteiger partial charge in [-0.15, -0.1) is 0 Å². The number of nitrogens with zero attached hydrogens (tertiary/aromatic N) is 1. The molecule has 5 heteroatoms. The highest BCUT2D eigenvalue weighted by Gasteiger charge is 2.16. The van der Waals surface area contributed by atoms with Crippen molar-refractivity contribution >= 4 is 23.3 Å². The molecule has 0 radical (unpaired) electrons. The summed E-state index contributed by atoms with van der Waals surface area (Å²) < 4.78 is 0. The molecule has 0 aliphatic heterocycles. The lowest BCUT2D eigenvalue weighted by molar-refractivity contribution is -0.385. The van der Waals surface area contributed by atoms with E-state index in [1.807, 2.05) is 6.07 Å². The van der Waals surface area contributed by atoms with E-state index in [1.165, 1.54) is 18.2 Å². The molecule has 106 valence electrons. The second kappa shape index (κ2) is 6.00. The van der Waals surface area contributed by atoms with Crippen LogP contribution in [0.25, 0.3) is 11.6 Å². The van der Waals surface area contributed by atoms with Crippen LogP contribution >= 0.6 is 0 Å². The summed E-state index contributed by atoms with van der Waals surface area (Å²) in [6.07, 6.45) is 1.34. The van der Waals surface area contributed by atoms with E-state index < -0.39 is 10.9 Å². The molecule has 0 bridgehead atoms. The molecule has 2 aromatic carbocycles. The molecule has 21 heavy (non-hydrogen) atoms. The molecule has 0 fully saturated rings. The Balaban J connectivity index is 2.62. The van der Waals surface area contributed by atoms with Crippen LogP contribution in [0.5, 0.6) is 0 Å². The van der Waals surface area contributed by atoms with Gasteiger partial charge in [0.1, 0.15) is 0 Å². The number of benzene rings is 2. The molecule has 2 aromatic rings. The van der Waals surface area contributed by atoms with Crippen LogP contribution in [0.1, 0.15) is 16.7 Å². The molecule has 5 nitrogen and oxygen atoms in total. The summed E-state index contributed by atoms with van der Waals surface area (Å²) in [6, 6.07) is 13.1. The van der Waals surface area contributed by atoms with Gasteiger partial charge < -0.3 is 5.11 Å². The van der Waals surface area contributed by atoms with Gasteiger partial charge in [-0.2, -0.15) is 0 Å². The number of carbonyl (C=O) groups is 1. The zero-order valence-corrected chi connectivity index (χ0v) is 11.3. The van der Waals surface area contributed by atoms with E-state index in [4.69, 9.17) is 0 Å². The van der Waals surface area contributed by atoms with E-state index in [0.717, 1.165) is 5.56 Å². The molecule has 0 saturated carbocycles. The first-order chi connectivity index (χ1) is 10.0. The van der Waals surface area contributed by atoms with Crippen molar-refractivity contribution in [3.63, 3.8) is 0 Å². The standard InChI is InChI=1S/C16H13NO4/c1-11-6-2-4-8-13(11)14(16(18)19)10-12-7-3-5-9-15(12)17(20)21/h2-10H,1H3,(H,18,19)/b14-10-. The molecule has 0 aromatic heterocycles. The van der Waals surface area contributed by atoms with Crippen molar-refractivity contribution in [1.29, 1.82) is 0 Å². The maximum Gasteiger partial charge on any atom is 0.336 e. The number of nitro groups is 1. The van der Waals surface area contributed by atoms with E-state index in [9.17, 15) is 20.0 Å². The molecule has 0 saturated heterocycles. The van der Waals surface area contributed by atoms with Crippen molar-refractivity contribution in [2.45, 2.75) is 6.92 Å². The zero-order valence-electron chi connectivity index (χ0n) is 11.3. The van der Waals surface area contributed by atoms with Crippen molar-refractivity contribution in [3.8, 4) is 0 Å². The van der Waals surface area contributed by atoms with Gasteiger partial charge in [-0.1, -0.05) is 36.4 Å². The molecule has 1 N–H and O–H groups in total. The Hall–Kier alpha value is -2.95. The summed E-state index contributed by atoms with van der Waals surface area (Å²) in [4.78, 5) is 22.0. The van der Waals surface area contributed by atoms with E-state index in [1.54, 1.807) is 37.3 Å². The van der Waals surface area contributed by atoms with E-state index >= 15 is 0 Å². The van der Waals surface area contributed by atoms with Crippen molar-refractivity contribution in [2.75, 3.05) is 0 Å². The minimum Gasteiger partial charge on any atom is -0.478 e. The molecule has 0 amide bonds. The molecule has 0 spiro atoms. The molecule has 0 aliphatic carbocycles. The van der Waals surface area contributed by atoms with Crippen molar-refractivity contribution < 1.29 is 14.8 Å². The third-order valence-corrected chi connectivity index (χ3v) is 3.10. The molecule has 0 aliphatic rings. The SMILES string of the molecule is Cc1ccccc1/C(=C/c1ccccc1[N+](=O)[O-])C(=O)O. The topological polar surface area (TPSA) is 80.4 Å². The van der Waals surface area contributed by atoms with E-state index in [2.05, 4.69) is 0 Å². The first kappa shape index (κ1) is 14.5. The summed E-state index contributed by atoms with van der Waals surface area (Å²) in [5, 5.41) is 20.4. The highest BCUT2D eigenvalue weighted by Crippen LogP contribution is 2.26. The maximum atomic E-state index is 11.5. The van der Waals surface area contributed by atoms with Crippen LogP contribution in [-0.4, -0.2) is 16.0 Å². The highest BCUT2D eigenvalue weighted by atomic mass is 16.6. The molecular weight excluding hydrogens is 270 g/mol. The first-order valence-corrected chi connectivity index (χ1v) is 6.25. The van der Waals surface area contributed by atoms with Crippen LogP contribution in [0.2, 0.25) is 0 Å². The van der Waals surface area contributed by atoms with Crippen LogP contribution in [-0.2, 0) is 4.79 Å². The number of carboxylic acid groups (broad SMARTS) is 1. The van der Waals surface area contributed by atoms with Gasteiger partial charge in [0, 0.05) is 6.07 Å². The number of para-hydroxylation sites is 1. The molecular formula is C16H13NO4. The van der Waals surface area contributed by atoms with Gasteiger partial charge in [-0.05, 0) is 30.2 Å². The number of aliphatic carboxylic acids is 1. The quantitative estimate of drug-likeness (QED) is 0.403. The van der Waals surface area contributed by atoms with Gasteiger partial charge in [0.2, 0.25) is 0 Å². The Morgan fingerprint density at radius 3 is 2.38 bits per heavy atom. The smallest absolute Gasteiger partial charge is 0.336 e. The number of hydrogen-bond acceptors (Lipinski definition) is 3. The minimum absolute atomic E-state index is 0.0300.